The quantitative estimate of drug-likeness (QED) is 0.691. The third-order valence-corrected chi connectivity index (χ3v) is 4.95. The molecule has 0 amide bonds. The van der Waals surface area contributed by atoms with E-state index in [1.165, 1.54) is 5.56 Å². The number of fused-ring (bicyclic) bond motifs is 1. The molecule has 27 heavy (non-hydrogen) atoms. The van der Waals surface area contributed by atoms with Crippen molar-refractivity contribution < 1.29 is 14.2 Å². The van der Waals surface area contributed by atoms with Crippen LogP contribution in [0.25, 0.3) is 10.9 Å². The van der Waals surface area contributed by atoms with Crippen LogP contribution in [0.5, 0.6) is 11.5 Å². The second-order valence-electron chi connectivity index (χ2n) is 6.70. The van der Waals surface area contributed by atoms with Gasteiger partial charge in [-0.25, -0.2) is 4.98 Å². The van der Waals surface area contributed by atoms with E-state index in [9.17, 15) is 0 Å². The third-order valence-electron chi connectivity index (χ3n) is 4.95. The molecule has 0 radical (unpaired) electrons. The highest BCUT2D eigenvalue weighted by Gasteiger charge is 2.22. The summed E-state index contributed by atoms with van der Waals surface area (Å²) in [5.74, 6) is 2.64. The first kappa shape index (κ1) is 17.6. The second-order valence-corrected chi connectivity index (χ2v) is 6.70. The Morgan fingerprint density at radius 3 is 2.81 bits per heavy atom. The maximum atomic E-state index is 6.00. The summed E-state index contributed by atoms with van der Waals surface area (Å²) in [5, 5.41) is 1.08. The Kier molecular flexibility index (Phi) is 5.12. The highest BCUT2D eigenvalue weighted by atomic mass is 16.5. The molecule has 4 rings (SSSR count). The molecule has 0 aliphatic carbocycles. The van der Waals surface area contributed by atoms with Crippen LogP contribution in [0, 0.1) is 0 Å². The zero-order chi connectivity index (χ0) is 18.6. The molecule has 1 aliphatic heterocycles. The monoisotopic (exact) mass is 364 g/mol. The van der Waals surface area contributed by atoms with Crippen LogP contribution in [0.15, 0.2) is 54.6 Å². The lowest BCUT2D eigenvalue weighted by atomic mass is 10.1. The molecule has 2 aromatic carbocycles. The number of morpholine rings is 1. The lowest BCUT2D eigenvalue weighted by Crippen LogP contribution is -2.43. The standard InChI is InChI=1S/C22H24N2O3/c1-25-18-7-3-5-16(13-18)14-19-15-24(11-12-27-19)21-10-9-17-6-4-8-20(26-2)22(17)23-21/h3-10,13,19H,11-12,14-15H2,1-2H3. The Hall–Kier alpha value is -2.79. The smallest absolute Gasteiger partial charge is 0.145 e. The van der Waals surface area contributed by atoms with Crippen LogP contribution in [-0.2, 0) is 11.2 Å². The molecule has 5 nitrogen and oxygen atoms in total. The summed E-state index contributed by atoms with van der Waals surface area (Å²) in [5.41, 5.74) is 2.11. The zero-order valence-electron chi connectivity index (χ0n) is 15.7. The van der Waals surface area contributed by atoms with Gasteiger partial charge in [0, 0.05) is 24.9 Å². The van der Waals surface area contributed by atoms with E-state index in [4.69, 9.17) is 19.2 Å². The first-order chi connectivity index (χ1) is 13.3. The van der Waals surface area contributed by atoms with Crippen LogP contribution in [-0.4, -0.2) is 45.0 Å². The molecule has 2 heterocycles. The number of rotatable bonds is 5. The topological polar surface area (TPSA) is 43.8 Å². The fourth-order valence-electron chi connectivity index (χ4n) is 3.56. The molecular weight excluding hydrogens is 340 g/mol. The number of para-hydroxylation sites is 1. The average molecular weight is 364 g/mol. The first-order valence-corrected chi connectivity index (χ1v) is 9.20. The van der Waals surface area contributed by atoms with Gasteiger partial charge in [0.15, 0.2) is 0 Å². The number of hydrogen-bond acceptors (Lipinski definition) is 5. The summed E-state index contributed by atoms with van der Waals surface area (Å²) in [7, 11) is 3.37. The minimum atomic E-state index is 0.126. The number of benzene rings is 2. The molecule has 0 saturated carbocycles. The van der Waals surface area contributed by atoms with Crippen molar-refractivity contribution >= 4 is 16.7 Å². The Bertz CT molecular complexity index is 928. The van der Waals surface area contributed by atoms with Gasteiger partial charge in [-0.3, -0.25) is 0 Å². The normalized spacial score (nSPS) is 17.1. The third kappa shape index (κ3) is 3.83. The average Bonchev–Trinajstić information content (AvgIpc) is 2.73. The molecule has 1 saturated heterocycles. The van der Waals surface area contributed by atoms with Gasteiger partial charge in [0.1, 0.15) is 22.8 Å². The molecule has 0 spiro atoms. The largest absolute Gasteiger partial charge is 0.497 e. The Morgan fingerprint density at radius 1 is 1.07 bits per heavy atom. The van der Waals surface area contributed by atoms with E-state index in [1.807, 2.05) is 24.3 Å². The van der Waals surface area contributed by atoms with Gasteiger partial charge in [0.05, 0.1) is 26.9 Å². The zero-order valence-corrected chi connectivity index (χ0v) is 15.7. The summed E-state index contributed by atoms with van der Waals surface area (Å²) in [4.78, 5) is 7.16. The van der Waals surface area contributed by atoms with Gasteiger partial charge in [-0.2, -0.15) is 0 Å². The van der Waals surface area contributed by atoms with E-state index < -0.39 is 0 Å². The van der Waals surface area contributed by atoms with E-state index in [2.05, 4.69) is 35.2 Å². The van der Waals surface area contributed by atoms with Gasteiger partial charge in [0.25, 0.3) is 0 Å². The van der Waals surface area contributed by atoms with Crippen LogP contribution in [0.2, 0.25) is 0 Å². The Balaban J connectivity index is 1.53. The molecule has 3 aromatic rings. The van der Waals surface area contributed by atoms with E-state index in [-0.39, 0.29) is 6.10 Å². The van der Waals surface area contributed by atoms with Crippen molar-refractivity contribution in [3.63, 3.8) is 0 Å². The van der Waals surface area contributed by atoms with Crippen LogP contribution < -0.4 is 14.4 Å². The van der Waals surface area contributed by atoms with Gasteiger partial charge in [-0.1, -0.05) is 24.3 Å². The van der Waals surface area contributed by atoms with Gasteiger partial charge in [-0.05, 0) is 35.9 Å². The maximum Gasteiger partial charge on any atom is 0.145 e. The Morgan fingerprint density at radius 2 is 1.96 bits per heavy atom. The molecule has 1 fully saturated rings. The van der Waals surface area contributed by atoms with Crippen LogP contribution >= 0.6 is 0 Å². The summed E-state index contributed by atoms with van der Waals surface area (Å²) in [6, 6.07) is 18.3. The van der Waals surface area contributed by atoms with Crippen LogP contribution in [0.1, 0.15) is 5.56 Å². The summed E-state index contributed by atoms with van der Waals surface area (Å²) >= 11 is 0. The van der Waals surface area contributed by atoms with Gasteiger partial charge < -0.3 is 19.1 Å². The fraction of sp³-hybridized carbons (Fsp3) is 0.318. The lowest BCUT2D eigenvalue weighted by Gasteiger charge is -2.34. The number of aromatic nitrogens is 1. The van der Waals surface area contributed by atoms with Crippen molar-refractivity contribution in [2.24, 2.45) is 0 Å². The predicted octanol–water partition coefficient (Wildman–Crippen LogP) is 3.70. The molecule has 5 heteroatoms. The number of ether oxygens (including phenoxy) is 3. The van der Waals surface area contributed by atoms with E-state index in [0.717, 1.165) is 47.7 Å². The summed E-state index contributed by atoms with van der Waals surface area (Å²) in [6.07, 6.45) is 0.978. The van der Waals surface area contributed by atoms with E-state index in [1.54, 1.807) is 14.2 Å². The highest BCUT2D eigenvalue weighted by molar-refractivity contribution is 5.86. The number of nitrogens with zero attached hydrogens (tertiary/aromatic N) is 2. The van der Waals surface area contributed by atoms with Gasteiger partial charge >= 0.3 is 0 Å². The highest BCUT2D eigenvalue weighted by Crippen LogP contribution is 2.27. The SMILES string of the molecule is COc1cccc(CC2CN(c3ccc4cccc(OC)c4n3)CCO2)c1. The minimum absolute atomic E-state index is 0.126. The van der Waals surface area contributed by atoms with Crippen molar-refractivity contribution in [2.75, 3.05) is 38.8 Å². The molecule has 0 bridgehead atoms. The van der Waals surface area contributed by atoms with Crippen LogP contribution in [0.4, 0.5) is 5.82 Å². The van der Waals surface area contributed by atoms with Crippen molar-refractivity contribution in [1.82, 2.24) is 4.98 Å². The number of pyridine rings is 1. The van der Waals surface area contributed by atoms with Gasteiger partial charge in [0.2, 0.25) is 0 Å². The molecule has 1 aliphatic rings. The lowest BCUT2D eigenvalue weighted by molar-refractivity contribution is 0.0408. The van der Waals surface area contributed by atoms with Gasteiger partial charge in [-0.15, -0.1) is 0 Å². The van der Waals surface area contributed by atoms with Crippen molar-refractivity contribution in [3.8, 4) is 11.5 Å². The molecule has 1 atom stereocenters. The minimum Gasteiger partial charge on any atom is -0.497 e. The van der Waals surface area contributed by atoms with Crippen molar-refractivity contribution in [2.45, 2.75) is 12.5 Å². The molecule has 0 N–H and O–H groups in total. The number of hydrogen-bond donors (Lipinski definition) is 0. The number of anilines is 1. The molecular formula is C22H24N2O3. The first-order valence-electron chi connectivity index (χ1n) is 9.20. The molecule has 1 aromatic heterocycles. The molecule has 140 valence electrons. The Labute approximate surface area is 159 Å². The number of methoxy groups -OCH3 is 2. The van der Waals surface area contributed by atoms with Crippen LogP contribution in [0.3, 0.4) is 0 Å². The fourth-order valence-corrected chi connectivity index (χ4v) is 3.56. The molecule has 1 unspecified atom stereocenters. The van der Waals surface area contributed by atoms with E-state index >= 15 is 0 Å². The summed E-state index contributed by atoms with van der Waals surface area (Å²) < 4.78 is 16.8. The maximum absolute atomic E-state index is 6.00. The summed E-state index contributed by atoms with van der Waals surface area (Å²) in [6.45, 7) is 2.34. The predicted molar refractivity (Wildman–Crippen MR) is 107 cm³/mol. The van der Waals surface area contributed by atoms with Crippen molar-refractivity contribution in [3.05, 3.63) is 60.2 Å². The van der Waals surface area contributed by atoms with Crippen molar-refractivity contribution in [1.29, 1.82) is 0 Å². The van der Waals surface area contributed by atoms with E-state index in [0.29, 0.717) is 6.61 Å². The second kappa shape index (κ2) is 7.84.